The summed E-state index contributed by atoms with van der Waals surface area (Å²) in [7, 11) is 0. The molecular weight excluding hydrogens is 268 g/mol. The van der Waals surface area contributed by atoms with Crippen molar-refractivity contribution in [3.8, 4) is 0 Å². The van der Waals surface area contributed by atoms with Crippen molar-refractivity contribution in [3.05, 3.63) is 71.3 Å². The highest BCUT2D eigenvalue weighted by Gasteiger charge is 2.23. The van der Waals surface area contributed by atoms with Gasteiger partial charge in [0.2, 0.25) is 0 Å². The third kappa shape index (κ3) is 3.68. The van der Waals surface area contributed by atoms with Crippen molar-refractivity contribution in [2.24, 2.45) is 0 Å². The summed E-state index contributed by atoms with van der Waals surface area (Å²) in [4.78, 5) is 0. The maximum atomic E-state index is 5.57. The number of thiocarbonyl (C=S) groups is 1. The molecule has 0 fully saturated rings. The van der Waals surface area contributed by atoms with Gasteiger partial charge in [-0.1, -0.05) is 72.4 Å². The Morgan fingerprint density at radius 2 is 1.53 bits per heavy atom. The van der Waals surface area contributed by atoms with Crippen molar-refractivity contribution in [2.75, 3.05) is 0 Å². The van der Waals surface area contributed by atoms with E-state index in [1.54, 1.807) is 11.8 Å². The van der Waals surface area contributed by atoms with Gasteiger partial charge in [-0.15, -0.1) is 11.8 Å². The van der Waals surface area contributed by atoms with Crippen LogP contribution in [0.4, 0.5) is 0 Å². The Hall–Kier alpha value is -1.12. The quantitative estimate of drug-likeness (QED) is 0.699. The fourth-order valence-electron chi connectivity index (χ4n) is 1.88. The molecule has 0 aliphatic heterocycles. The van der Waals surface area contributed by atoms with Gasteiger partial charge in [-0.05, 0) is 31.9 Å². The molecule has 0 atom stereocenters. The molecule has 98 valence electrons. The molecule has 0 aromatic heterocycles. The van der Waals surface area contributed by atoms with Crippen LogP contribution in [0.5, 0.6) is 0 Å². The summed E-state index contributed by atoms with van der Waals surface area (Å²) in [5, 5.41) is 0. The molecule has 2 heteroatoms. The van der Waals surface area contributed by atoms with Crippen molar-refractivity contribution in [2.45, 2.75) is 25.5 Å². The lowest BCUT2D eigenvalue weighted by molar-refractivity contribution is 0.788. The van der Waals surface area contributed by atoms with E-state index in [4.69, 9.17) is 12.2 Å². The number of aryl methyl sites for hydroxylation is 1. The minimum absolute atomic E-state index is 0.0107. The van der Waals surface area contributed by atoms with Gasteiger partial charge < -0.3 is 0 Å². The topological polar surface area (TPSA) is 0 Å². The lowest BCUT2D eigenvalue weighted by atomic mass is 10.0. The number of rotatable bonds is 3. The molecule has 0 amide bonds. The highest BCUT2D eigenvalue weighted by Crippen LogP contribution is 2.38. The average Bonchev–Trinajstić information content (AvgIpc) is 2.40. The highest BCUT2D eigenvalue weighted by molar-refractivity contribution is 8.24. The Morgan fingerprint density at radius 3 is 2.11 bits per heavy atom. The molecule has 0 bridgehead atoms. The third-order valence-corrected chi connectivity index (χ3v) is 4.76. The Labute approximate surface area is 125 Å². The summed E-state index contributed by atoms with van der Waals surface area (Å²) in [6, 6.07) is 18.9. The molecule has 0 radical (unpaired) electrons. The molecule has 2 aromatic rings. The van der Waals surface area contributed by atoms with Crippen LogP contribution in [0.1, 0.15) is 30.5 Å². The molecule has 0 unspecified atom stereocenters. The molecule has 2 aromatic carbocycles. The largest absolute Gasteiger partial charge is 0.103 e. The van der Waals surface area contributed by atoms with E-state index in [-0.39, 0.29) is 4.75 Å². The number of thioether (sulfide) groups is 1. The second-order valence-corrected chi connectivity index (χ2v) is 7.43. The van der Waals surface area contributed by atoms with E-state index >= 15 is 0 Å². The van der Waals surface area contributed by atoms with Crippen molar-refractivity contribution in [1.29, 1.82) is 0 Å². The van der Waals surface area contributed by atoms with Crippen molar-refractivity contribution in [1.82, 2.24) is 0 Å². The van der Waals surface area contributed by atoms with Crippen molar-refractivity contribution < 1.29 is 0 Å². The standard InChI is InChI=1S/C17H18S2/c1-13-9-11-14(12-10-13)16(18)19-17(2,3)15-7-5-4-6-8-15/h4-12H,1-3H3. The molecule has 19 heavy (non-hydrogen) atoms. The lowest BCUT2D eigenvalue weighted by Gasteiger charge is -2.25. The van der Waals surface area contributed by atoms with Gasteiger partial charge in [-0.3, -0.25) is 0 Å². The first-order chi connectivity index (χ1) is 8.99. The summed E-state index contributed by atoms with van der Waals surface area (Å²) >= 11 is 7.32. The highest BCUT2D eigenvalue weighted by atomic mass is 32.2. The van der Waals surface area contributed by atoms with E-state index in [0.29, 0.717) is 0 Å². The van der Waals surface area contributed by atoms with E-state index in [9.17, 15) is 0 Å². The maximum Gasteiger partial charge on any atom is 0.0786 e. The zero-order chi connectivity index (χ0) is 13.9. The van der Waals surface area contributed by atoms with Crippen molar-refractivity contribution in [3.63, 3.8) is 0 Å². The minimum Gasteiger partial charge on any atom is -0.103 e. The molecule has 0 N–H and O–H groups in total. The molecule has 0 aliphatic rings. The smallest absolute Gasteiger partial charge is 0.0786 e. The Kier molecular flexibility index (Phi) is 4.43. The SMILES string of the molecule is Cc1ccc(C(=S)SC(C)(C)c2ccccc2)cc1. The molecular formula is C17H18S2. The van der Waals surface area contributed by atoms with Crippen LogP contribution in [0.15, 0.2) is 54.6 Å². The van der Waals surface area contributed by atoms with Crippen LogP contribution in [-0.4, -0.2) is 4.20 Å². The zero-order valence-corrected chi connectivity index (χ0v) is 13.1. The van der Waals surface area contributed by atoms with Crippen molar-refractivity contribution >= 4 is 28.2 Å². The van der Waals surface area contributed by atoms with Gasteiger partial charge in [0.15, 0.2) is 0 Å². The average molecular weight is 286 g/mol. The van der Waals surface area contributed by atoms with Gasteiger partial charge in [0, 0.05) is 4.75 Å². The number of hydrogen-bond acceptors (Lipinski definition) is 2. The fraction of sp³-hybridized carbons (Fsp3) is 0.235. The van der Waals surface area contributed by atoms with Crippen LogP contribution >= 0.6 is 24.0 Å². The normalized spacial score (nSPS) is 11.3. The van der Waals surface area contributed by atoms with E-state index < -0.39 is 0 Å². The van der Waals surface area contributed by atoms with E-state index in [2.05, 4.69) is 69.3 Å². The van der Waals surface area contributed by atoms with E-state index in [1.807, 2.05) is 6.07 Å². The molecule has 0 nitrogen and oxygen atoms in total. The summed E-state index contributed by atoms with van der Waals surface area (Å²) in [5.74, 6) is 0. The van der Waals surface area contributed by atoms with Crippen LogP contribution in [0.25, 0.3) is 0 Å². The van der Waals surface area contributed by atoms with Crippen LogP contribution in [0.2, 0.25) is 0 Å². The van der Waals surface area contributed by atoms with Gasteiger partial charge in [-0.2, -0.15) is 0 Å². The van der Waals surface area contributed by atoms with E-state index in [0.717, 1.165) is 9.76 Å². The molecule has 0 saturated carbocycles. The maximum absolute atomic E-state index is 5.57. The Balaban J connectivity index is 2.16. The van der Waals surface area contributed by atoms with Gasteiger partial charge in [0.25, 0.3) is 0 Å². The second-order valence-electron chi connectivity index (χ2n) is 5.13. The Morgan fingerprint density at radius 1 is 0.947 bits per heavy atom. The lowest BCUT2D eigenvalue weighted by Crippen LogP contribution is -2.14. The third-order valence-electron chi connectivity index (χ3n) is 3.10. The van der Waals surface area contributed by atoms with Gasteiger partial charge in [0.1, 0.15) is 0 Å². The molecule has 0 heterocycles. The summed E-state index contributed by atoms with van der Waals surface area (Å²) < 4.78 is 0.942. The molecule has 0 saturated heterocycles. The predicted molar refractivity (Wildman–Crippen MR) is 89.9 cm³/mol. The van der Waals surface area contributed by atoms with Gasteiger partial charge in [-0.25, -0.2) is 0 Å². The fourth-order valence-corrected chi connectivity index (χ4v) is 3.61. The van der Waals surface area contributed by atoms with Crippen LogP contribution < -0.4 is 0 Å². The van der Waals surface area contributed by atoms with Crippen LogP contribution in [0, 0.1) is 6.92 Å². The summed E-state index contributed by atoms with van der Waals surface area (Å²) in [6.07, 6.45) is 0. The second kappa shape index (κ2) is 5.89. The van der Waals surface area contributed by atoms with Gasteiger partial charge >= 0.3 is 0 Å². The van der Waals surface area contributed by atoms with E-state index in [1.165, 1.54) is 11.1 Å². The Bertz CT molecular complexity index is 554. The first-order valence-corrected chi connectivity index (χ1v) is 7.57. The predicted octanol–water partition coefficient (Wildman–Crippen LogP) is 5.34. The molecule has 2 rings (SSSR count). The number of hydrogen-bond donors (Lipinski definition) is 0. The van der Waals surface area contributed by atoms with Crippen LogP contribution in [0.3, 0.4) is 0 Å². The summed E-state index contributed by atoms with van der Waals surface area (Å²) in [5.41, 5.74) is 3.70. The number of benzene rings is 2. The van der Waals surface area contributed by atoms with Crippen LogP contribution in [-0.2, 0) is 4.75 Å². The monoisotopic (exact) mass is 286 g/mol. The molecule has 0 aliphatic carbocycles. The summed E-state index contributed by atoms with van der Waals surface area (Å²) in [6.45, 7) is 6.52. The first-order valence-electron chi connectivity index (χ1n) is 6.34. The zero-order valence-electron chi connectivity index (χ0n) is 11.5. The molecule has 0 spiro atoms. The minimum atomic E-state index is -0.0107. The van der Waals surface area contributed by atoms with Gasteiger partial charge in [0.05, 0.1) is 4.20 Å². The first kappa shape index (κ1) is 14.3.